The van der Waals surface area contributed by atoms with Gasteiger partial charge in [-0.3, -0.25) is 0 Å². The van der Waals surface area contributed by atoms with Crippen molar-refractivity contribution < 1.29 is 0 Å². The van der Waals surface area contributed by atoms with Crippen LogP contribution in [0.3, 0.4) is 0 Å². The molecule has 7 heavy (non-hydrogen) atoms. The van der Waals surface area contributed by atoms with Crippen LogP contribution in [0.5, 0.6) is 0 Å². The monoisotopic (exact) mass is 110 g/mol. The maximum atomic E-state index is 3.75. The highest BCUT2D eigenvalue weighted by atomic mass is 28.2. The summed E-state index contributed by atoms with van der Waals surface area (Å²) in [5.74, 6) is 0. The molecule has 0 nitrogen and oxygen atoms in total. The fraction of sp³-hybridized carbons (Fsp3) is 0.333. The fourth-order valence-electron chi connectivity index (χ4n) is 0.246. The van der Waals surface area contributed by atoms with E-state index in [9.17, 15) is 0 Å². The lowest BCUT2D eigenvalue weighted by Crippen LogP contribution is -1.81. The van der Waals surface area contributed by atoms with Crippen LogP contribution in [0.25, 0.3) is 0 Å². The zero-order chi connectivity index (χ0) is 5.70. The summed E-state index contributed by atoms with van der Waals surface area (Å²) >= 11 is 0. The lowest BCUT2D eigenvalue weighted by Gasteiger charge is -1.87. The molecule has 0 aliphatic rings. The number of hydrogen-bond acceptors (Lipinski definition) is 0. The summed E-state index contributed by atoms with van der Waals surface area (Å²) in [7, 11) is 0.860. The Kier molecular flexibility index (Phi) is 3.70. The Labute approximate surface area is 47.8 Å². The van der Waals surface area contributed by atoms with Crippen LogP contribution < -0.4 is 0 Å². The molecule has 0 heterocycles. The molecule has 0 atom stereocenters. The van der Waals surface area contributed by atoms with Crippen molar-refractivity contribution in [3.05, 3.63) is 24.4 Å². The first-order valence-corrected chi connectivity index (χ1v) is 3.54. The molecule has 0 aliphatic heterocycles. The van der Waals surface area contributed by atoms with Crippen molar-refractivity contribution in [3.8, 4) is 0 Å². The van der Waals surface area contributed by atoms with E-state index >= 15 is 0 Å². The van der Waals surface area contributed by atoms with Gasteiger partial charge >= 0.3 is 0 Å². The van der Waals surface area contributed by atoms with Crippen LogP contribution in [0.2, 0.25) is 6.04 Å². The number of allylic oxidation sites excluding steroid dienone is 1. The number of hydrogen-bond donors (Lipinski definition) is 0. The summed E-state index contributed by atoms with van der Waals surface area (Å²) in [5.41, 5.74) is 3.19. The van der Waals surface area contributed by atoms with Crippen LogP contribution in [0, 0.1) is 0 Å². The van der Waals surface area contributed by atoms with Crippen molar-refractivity contribution in [3.63, 3.8) is 0 Å². The van der Waals surface area contributed by atoms with E-state index < -0.39 is 0 Å². The number of rotatable bonds is 3. The largest absolute Gasteiger partial charge is 0.107 e. The first-order chi connectivity index (χ1) is 3.27. The summed E-state index contributed by atoms with van der Waals surface area (Å²) in [6.45, 7) is 9.39. The minimum absolute atomic E-state index is 0.860. The van der Waals surface area contributed by atoms with Gasteiger partial charge in [0, 0.05) is 0 Å². The van der Waals surface area contributed by atoms with Crippen LogP contribution in [-0.4, -0.2) is 9.52 Å². The van der Waals surface area contributed by atoms with E-state index in [4.69, 9.17) is 0 Å². The molecule has 0 unspecified atom stereocenters. The van der Waals surface area contributed by atoms with E-state index in [1.165, 1.54) is 5.57 Å². The Morgan fingerprint density at radius 1 is 1.86 bits per heavy atom. The zero-order valence-corrected chi connectivity index (χ0v) is 5.70. The van der Waals surface area contributed by atoms with Gasteiger partial charge in [0.15, 0.2) is 0 Å². The first kappa shape index (κ1) is 6.70. The zero-order valence-electron chi connectivity index (χ0n) is 4.70. The second kappa shape index (κ2) is 3.87. The van der Waals surface area contributed by atoms with Gasteiger partial charge in [-0.05, 0) is 13.0 Å². The van der Waals surface area contributed by atoms with Crippen LogP contribution in [0.1, 0.15) is 6.92 Å². The van der Waals surface area contributed by atoms with Gasteiger partial charge in [0.05, 0.1) is 9.52 Å². The Morgan fingerprint density at radius 3 is 2.57 bits per heavy atom. The third-order valence-corrected chi connectivity index (χ3v) is 1.64. The van der Waals surface area contributed by atoms with Gasteiger partial charge in [-0.15, -0.1) is 18.9 Å². The molecule has 0 aromatic heterocycles. The van der Waals surface area contributed by atoms with Gasteiger partial charge in [-0.2, -0.15) is 0 Å². The van der Waals surface area contributed by atoms with Gasteiger partial charge in [0.1, 0.15) is 0 Å². The molecule has 0 rings (SSSR count). The summed E-state index contributed by atoms with van der Waals surface area (Å²) in [6.07, 6.45) is 0. The summed E-state index contributed by atoms with van der Waals surface area (Å²) in [6, 6.07) is 1.11. The van der Waals surface area contributed by atoms with E-state index in [0.29, 0.717) is 0 Å². The van der Waals surface area contributed by atoms with Crippen LogP contribution >= 0.6 is 0 Å². The molecule has 0 spiro atoms. The van der Waals surface area contributed by atoms with Crippen LogP contribution in [0.4, 0.5) is 0 Å². The van der Waals surface area contributed by atoms with Crippen molar-refractivity contribution in [1.82, 2.24) is 0 Å². The van der Waals surface area contributed by atoms with Crippen LogP contribution in [-0.2, 0) is 0 Å². The molecular weight excluding hydrogens is 100 g/mol. The van der Waals surface area contributed by atoms with Crippen LogP contribution in [0.15, 0.2) is 24.4 Å². The van der Waals surface area contributed by atoms with Crippen molar-refractivity contribution >= 4 is 9.52 Å². The Hall–Kier alpha value is -0.303. The average molecular weight is 110 g/mol. The molecule has 0 saturated carbocycles. The van der Waals surface area contributed by atoms with E-state index in [-0.39, 0.29) is 0 Å². The molecule has 0 bridgehead atoms. The van der Waals surface area contributed by atoms with Gasteiger partial charge in [0.2, 0.25) is 0 Å². The minimum Gasteiger partial charge on any atom is -0.107 e. The predicted molar refractivity (Wildman–Crippen MR) is 35.6 cm³/mol. The Balaban J connectivity index is 2.97. The molecule has 0 aromatic carbocycles. The molecule has 0 aromatic rings. The summed E-state index contributed by atoms with van der Waals surface area (Å²) < 4.78 is 0. The first-order valence-electron chi connectivity index (χ1n) is 2.26. The van der Waals surface area contributed by atoms with E-state index in [1.807, 2.05) is 12.6 Å². The van der Waals surface area contributed by atoms with Crippen molar-refractivity contribution in [1.29, 1.82) is 0 Å². The van der Waals surface area contributed by atoms with Gasteiger partial charge in [-0.1, -0.05) is 5.57 Å². The highest BCUT2D eigenvalue weighted by Gasteiger charge is 1.80. The molecule has 38 valence electrons. The van der Waals surface area contributed by atoms with Crippen molar-refractivity contribution in [2.75, 3.05) is 0 Å². The molecule has 0 aliphatic carbocycles. The molecule has 0 amide bonds. The lowest BCUT2D eigenvalue weighted by molar-refractivity contribution is 1.40. The molecule has 0 N–H and O–H groups in total. The van der Waals surface area contributed by atoms with E-state index in [0.717, 1.165) is 15.6 Å². The van der Waals surface area contributed by atoms with Crippen molar-refractivity contribution in [2.24, 2.45) is 0 Å². The molecule has 1 heteroatoms. The van der Waals surface area contributed by atoms with Crippen molar-refractivity contribution in [2.45, 2.75) is 13.0 Å². The maximum absolute atomic E-state index is 3.75. The molecular formula is C6H10Si. The normalized spacial score (nSPS) is 8.14. The van der Waals surface area contributed by atoms with Gasteiger partial charge in [-0.25, -0.2) is 0 Å². The molecule has 2 radical (unpaired) electrons. The second-order valence-corrected chi connectivity index (χ2v) is 2.71. The molecule has 0 saturated heterocycles. The molecule has 0 fully saturated rings. The minimum atomic E-state index is 0.860. The maximum Gasteiger partial charge on any atom is 0.0739 e. The predicted octanol–water partition coefficient (Wildman–Crippen LogP) is 1.83. The topological polar surface area (TPSA) is 0 Å². The highest BCUT2D eigenvalue weighted by Crippen LogP contribution is 1.92. The Bertz CT molecular complexity index is 74.2. The average Bonchev–Trinajstić information content (AvgIpc) is 1.61. The lowest BCUT2D eigenvalue weighted by atomic mass is 10.4. The van der Waals surface area contributed by atoms with Gasteiger partial charge in [0.25, 0.3) is 0 Å². The fourth-order valence-corrected chi connectivity index (χ4v) is 0.739. The quantitative estimate of drug-likeness (QED) is 0.384. The summed E-state index contributed by atoms with van der Waals surface area (Å²) in [4.78, 5) is 0. The standard InChI is InChI=1S/C6H10Si/c1-4-7-5-6(2)3/h4H,1-2,5H2,3H3. The van der Waals surface area contributed by atoms with E-state index in [2.05, 4.69) is 13.2 Å². The summed E-state index contributed by atoms with van der Waals surface area (Å²) in [5, 5.41) is 0. The van der Waals surface area contributed by atoms with Gasteiger partial charge < -0.3 is 0 Å². The second-order valence-electron chi connectivity index (χ2n) is 1.54. The smallest absolute Gasteiger partial charge is 0.0739 e. The third-order valence-electron chi connectivity index (χ3n) is 0.548. The third kappa shape index (κ3) is 5.70. The SMILES string of the molecule is C=C[Si]CC(=C)C. The Morgan fingerprint density at radius 2 is 2.43 bits per heavy atom. The van der Waals surface area contributed by atoms with E-state index in [1.54, 1.807) is 0 Å². The highest BCUT2D eigenvalue weighted by molar-refractivity contribution is 6.42.